The molecule has 112 valence electrons. The number of nitrogens with one attached hydrogen (secondary N) is 1. The Morgan fingerprint density at radius 3 is 2.86 bits per heavy atom. The first-order chi connectivity index (χ1) is 10.1. The summed E-state index contributed by atoms with van der Waals surface area (Å²) in [5.41, 5.74) is 3.30. The van der Waals surface area contributed by atoms with Gasteiger partial charge in [-0.25, -0.2) is 0 Å². The van der Waals surface area contributed by atoms with Gasteiger partial charge in [0.2, 0.25) is 0 Å². The second-order valence-corrected chi connectivity index (χ2v) is 5.18. The van der Waals surface area contributed by atoms with Crippen LogP contribution in [0.15, 0.2) is 42.6 Å². The Labute approximate surface area is 125 Å². The number of benzene rings is 1. The van der Waals surface area contributed by atoms with Crippen LogP contribution in [0, 0.1) is 13.8 Å². The molecule has 0 radical (unpaired) electrons. The predicted molar refractivity (Wildman–Crippen MR) is 83.4 cm³/mol. The average Bonchev–Trinajstić information content (AvgIpc) is 2.47. The molecule has 2 aromatic rings. The largest absolute Gasteiger partial charge is 0.491 e. The molecule has 1 heterocycles. The lowest BCUT2D eigenvalue weighted by Gasteiger charge is -2.14. The molecule has 1 unspecified atom stereocenters. The van der Waals surface area contributed by atoms with Crippen molar-refractivity contribution in [2.24, 2.45) is 0 Å². The molecule has 0 bridgehead atoms. The summed E-state index contributed by atoms with van der Waals surface area (Å²) < 4.78 is 5.57. The predicted octanol–water partition coefficient (Wildman–Crippen LogP) is 2.23. The van der Waals surface area contributed by atoms with Gasteiger partial charge in [-0.05, 0) is 43.2 Å². The van der Waals surface area contributed by atoms with Crippen molar-refractivity contribution in [1.29, 1.82) is 0 Å². The molecule has 4 nitrogen and oxygen atoms in total. The van der Waals surface area contributed by atoms with E-state index in [4.69, 9.17) is 4.74 Å². The third-order valence-corrected chi connectivity index (χ3v) is 3.22. The van der Waals surface area contributed by atoms with Crippen LogP contribution in [-0.2, 0) is 6.54 Å². The number of aromatic nitrogens is 1. The topological polar surface area (TPSA) is 54.4 Å². The van der Waals surface area contributed by atoms with Crippen LogP contribution >= 0.6 is 0 Å². The Balaban J connectivity index is 1.70. The zero-order valence-electron chi connectivity index (χ0n) is 12.5. The van der Waals surface area contributed by atoms with Crippen molar-refractivity contribution in [3.05, 3.63) is 59.4 Å². The summed E-state index contributed by atoms with van der Waals surface area (Å²) in [6.07, 6.45) is 1.23. The van der Waals surface area contributed by atoms with Crippen molar-refractivity contribution in [2.45, 2.75) is 26.5 Å². The highest BCUT2D eigenvalue weighted by Crippen LogP contribution is 2.12. The minimum Gasteiger partial charge on any atom is -0.491 e. The first-order valence-corrected chi connectivity index (χ1v) is 7.14. The highest BCUT2D eigenvalue weighted by Gasteiger charge is 2.06. The monoisotopic (exact) mass is 286 g/mol. The van der Waals surface area contributed by atoms with E-state index in [1.165, 1.54) is 0 Å². The van der Waals surface area contributed by atoms with Gasteiger partial charge in [0.1, 0.15) is 18.5 Å². The fourth-order valence-electron chi connectivity index (χ4n) is 2.02. The molecule has 0 fully saturated rings. The number of aliphatic hydroxyl groups is 1. The first-order valence-electron chi connectivity index (χ1n) is 7.14. The van der Waals surface area contributed by atoms with Crippen LogP contribution in [-0.4, -0.2) is 29.3 Å². The second-order valence-electron chi connectivity index (χ2n) is 5.18. The maximum absolute atomic E-state index is 9.92. The summed E-state index contributed by atoms with van der Waals surface area (Å²) in [6.45, 7) is 5.44. The van der Waals surface area contributed by atoms with Crippen LogP contribution in [0.4, 0.5) is 0 Å². The van der Waals surface area contributed by atoms with Gasteiger partial charge in [-0.1, -0.05) is 18.2 Å². The number of hydrogen-bond acceptors (Lipinski definition) is 4. The van der Waals surface area contributed by atoms with E-state index in [9.17, 15) is 5.11 Å². The third kappa shape index (κ3) is 5.17. The van der Waals surface area contributed by atoms with Gasteiger partial charge in [-0.2, -0.15) is 0 Å². The molecular weight excluding hydrogens is 264 g/mol. The number of hydrogen-bond donors (Lipinski definition) is 2. The molecule has 21 heavy (non-hydrogen) atoms. The number of nitrogens with zero attached hydrogens (tertiary/aromatic N) is 1. The van der Waals surface area contributed by atoms with Crippen LogP contribution in [0.1, 0.15) is 16.8 Å². The van der Waals surface area contributed by atoms with Gasteiger partial charge in [0.25, 0.3) is 0 Å². The molecule has 0 aliphatic carbocycles. The maximum Gasteiger partial charge on any atom is 0.119 e. The molecule has 1 atom stereocenters. The van der Waals surface area contributed by atoms with Crippen molar-refractivity contribution in [1.82, 2.24) is 10.3 Å². The van der Waals surface area contributed by atoms with Crippen LogP contribution in [0.5, 0.6) is 5.75 Å². The molecule has 0 aliphatic rings. The van der Waals surface area contributed by atoms with Crippen LogP contribution in [0.3, 0.4) is 0 Å². The fraction of sp³-hybridized carbons (Fsp3) is 0.353. The Kier molecular flexibility index (Phi) is 5.72. The van der Waals surface area contributed by atoms with E-state index in [1.807, 2.05) is 50.2 Å². The first kappa shape index (κ1) is 15.5. The third-order valence-electron chi connectivity index (χ3n) is 3.22. The Morgan fingerprint density at radius 1 is 1.24 bits per heavy atom. The molecular formula is C17H22N2O2. The number of aliphatic hydroxyl groups excluding tert-OH is 1. The number of rotatable bonds is 7. The fourth-order valence-corrected chi connectivity index (χ4v) is 2.02. The second kappa shape index (κ2) is 7.76. The van der Waals surface area contributed by atoms with Crippen molar-refractivity contribution in [3.8, 4) is 5.75 Å². The highest BCUT2D eigenvalue weighted by molar-refractivity contribution is 5.27. The zero-order valence-corrected chi connectivity index (χ0v) is 12.5. The SMILES string of the molecule is Cc1cccc(OCC(O)CNCc2ncccc2C)c1. The summed E-state index contributed by atoms with van der Waals surface area (Å²) >= 11 is 0. The van der Waals surface area contributed by atoms with Gasteiger partial charge in [-0.15, -0.1) is 0 Å². The molecule has 1 aromatic carbocycles. The summed E-state index contributed by atoms with van der Waals surface area (Å²) in [5, 5.41) is 13.1. The molecule has 2 N–H and O–H groups in total. The summed E-state index contributed by atoms with van der Waals surface area (Å²) in [5.74, 6) is 0.787. The van der Waals surface area contributed by atoms with E-state index >= 15 is 0 Å². The molecule has 0 saturated carbocycles. The molecule has 0 saturated heterocycles. The standard InChI is InChI=1S/C17H22N2O2/c1-13-5-3-7-16(9-13)21-12-15(20)10-18-11-17-14(2)6-4-8-19-17/h3-9,15,18,20H,10-12H2,1-2H3. The lowest BCUT2D eigenvalue weighted by molar-refractivity contribution is 0.106. The Bertz CT molecular complexity index is 572. The lowest BCUT2D eigenvalue weighted by atomic mass is 10.2. The molecule has 0 amide bonds. The lowest BCUT2D eigenvalue weighted by Crippen LogP contribution is -2.31. The van der Waals surface area contributed by atoms with Crippen LogP contribution in [0.2, 0.25) is 0 Å². The smallest absolute Gasteiger partial charge is 0.119 e. The minimum atomic E-state index is -0.547. The number of aryl methyl sites for hydroxylation is 2. The Morgan fingerprint density at radius 2 is 2.10 bits per heavy atom. The van der Waals surface area contributed by atoms with Crippen molar-refractivity contribution < 1.29 is 9.84 Å². The van der Waals surface area contributed by atoms with E-state index in [0.717, 1.165) is 22.6 Å². The van der Waals surface area contributed by atoms with E-state index in [1.54, 1.807) is 6.20 Å². The van der Waals surface area contributed by atoms with Gasteiger partial charge >= 0.3 is 0 Å². The zero-order chi connectivity index (χ0) is 15.1. The normalized spacial score (nSPS) is 12.1. The van der Waals surface area contributed by atoms with Crippen molar-refractivity contribution in [2.75, 3.05) is 13.2 Å². The van der Waals surface area contributed by atoms with Crippen molar-refractivity contribution >= 4 is 0 Å². The minimum absolute atomic E-state index is 0.275. The van der Waals surface area contributed by atoms with Gasteiger partial charge in [0, 0.05) is 19.3 Å². The molecule has 1 aromatic heterocycles. The Hall–Kier alpha value is -1.91. The van der Waals surface area contributed by atoms with Crippen molar-refractivity contribution in [3.63, 3.8) is 0 Å². The van der Waals surface area contributed by atoms with Gasteiger partial charge in [0.15, 0.2) is 0 Å². The summed E-state index contributed by atoms with van der Waals surface area (Å²) in [6, 6.07) is 11.8. The number of pyridine rings is 1. The molecule has 0 spiro atoms. The van der Waals surface area contributed by atoms with E-state index in [0.29, 0.717) is 13.1 Å². The number of ether oxygens (including phenoxy) is 1. The molecule has 0 aliphatic heterocycles. The average molecular weight is 286 g/mol. The molecule has 2 rings (SSSR count). The molecule has 4 heteroatoms. The van der Waals surface area contributed by atoms with E-state index in [2.05, 4.69) is 10.3 Å². The quantitative estimate of drug-likeness (QED) is 0.819. The summed E-state index contributed by atoms with van der Waals surface area (Å²) in [4.78, 5) is 4.30. The highest BCUT2D eigenvalue weighted by atomic mass is 16.5. The van der Waals surface area contributed by atoms with E-state index < -0.39 is 6.10 Å². The van der Waals surface area contributed by atoms with E-state index in [-0.39, 0.29) is 6.61 Å². The summed E-state index contributed by atoms with van der Waals surface area (Å²) in [7, 11) is 0. The van der Waals surface area contributed by atoms with Gasteiger partial charge in [0.05, 0.1) is 5.69 Å². The van der Waals surface area contributed by atoms with Crippen LogP contribution in [0.25, 0.3) is 0 Å². The van der Waals surface area contributed by atoms with Gasteiger partial charge < -0.3 is 15.2 Å². The maximum atomic E-state index is 9.92. The van der Waals surface area contributed by atoms with Gasteiger partial charge in [-0.3, -0.25) is 4.98 Å². The van der Waals surface area contributed by atoms with Crippen LogP contribution < -0.4 is 10.1 Å².